The van der Waals surface area contributed by atoms with Gasteiger partial charge in [-0.05, 0) is 69.3 Å². The molecule has 0 aromatic rings. The van der Waals surface area contributed by atoms with Crippen LogP contribution in [0.15, 0.2) is 11.6 Å². The second-order valence-corrected chi connectivity index (χ2v) is 9.41. The van der Waals surface area contributed by atoms with Gasteiger partial charge in [-0.3, -0.25) is 4.79 Å². The first-order chi connectivity index (χ1) is 12.7. The predicted molar refractivity (Wildman–Crippen MR) is 97.0 cm³/mol. The molecular weight excluding hydrogens is 348 g/mol. The minimum Gasteiger partial charge on any atom is -0.481 e. The summed E-state index contributed by atoms with van der Waals surface area (Å²) in [6.07, 6.45) is 5.30. The Balaban J connectivity index is 1.69. The zero-order chi connectivity index (χ0) is 19.6. The molecule has 0 radical (unpaired) electrons. The summed E-state index contributed by atoms with van der Waals surface area (Å²) < 4.78 is 17.2. The number of carboxylic acid groups (broad SMARTS) is 1. The molecule has 2 saturated carbocycles. The average Bonchev–Trinajstić information content (AvgIpc) is 3.18. The van der Waals surface area contributed by atoms with Gasteiger partial charge in [0, 0.05) is 7.11 Å². The number of fused-ring (bicyclic) bond motifs is 3. The van der Waals surface area contributed by atoms with Crippen LogP contribution in [0.25, 0.3) is 0 Å². The summed E-state index contributed by atoms with van der Waals surface area (Å²) in [6.45, 7) is 6.56. The lowest BCUT2D eigenvalue weighted by Crippen LogP contribution is -2.62. The largest absolute Gasteiger partial charge is 0.481 e. The van der Waals surface area contributed by atoms with Crippen molar-refractivity contribution in [1.29, 1.82) is 0 Å². The van der Waals surface area contributed by atoms with E-state index in [1.807, 2.05) is 13.0 Å². The molecule has 2 aliphatic carbocycles. The monoisotopic (exact) mass is 378 g/mol. The smallest absolute Gasteiger partial charge is 0.336 e. The standard InChI is InChI=1S/C21H30O6/c1-19-8-6-16(25-4)21(3,18(23)24)14(19)5-9-20(2)15(19)11-13(27-20)12-7-10-26-17(12)22/h7,13-16H,5-6,8-11H2,1-4H3,(H,23,24)/t13-,14-,15-,16+,19+,20+,21-/m0/s1. The van der Waals surface area contributed by atoms with E-state index in [1.165, 1.54) is 0 Å². The maximum Gasteiger partial charge on any atom is 0.336 e. The van der Waals surface area contributed by atoms with E-state index < -0.39 is 11.4 Å². The van der Waals surface area contributed by atoms with Crippen LogP contribution in [0, 0.1) is 22.7 Å². The van der Waals surface area contributed by atoms with Gasteiger partial charge in [-0.25, -0.2) is 4.79 Å². The van der Waals surface area contributed by atoms with Crippen molar-refractivity contribution in [3.63, 3.8) is 0 Å². The van der Waals surface area contributed by atoms with Crippen LogP contribution in [-0.4, -0.2) is 48.6 Å². The summed E-state index contributed by atoms with van der Waals surface area (Å²) in [6, 6.07) is 0. The number of rotatable bonds is 3. The lowest BCUT2D eigenvalue weighted by Gasteiger charge is -2.61. The fraction of sp³-hybridized carbons (Fsp3) is 0.810. The first-order valence-corrected chi connectivity index (χ1v) is 9.98. The Bertz CT molecular complexity index is 701. The van der Waals surface area contributed by atoms with Gasteiger partial charge < -0.3 is 19.3 Å². The Hall–Kier alpha value is -1.40. The van der Waals surface area contributed by atoms with Gasteiger partial charge in [-0.1, -0.05) is 6.92 Å². The summed E-state index contributed by atoms with van der Waals surface area (Å²) in [5, 5.41) is 10.1. The third-order valence-corrected chi connectivity index (χ3v) is 8.30. The number of carbonyl (C=O) groups excluding carboxylic acids is 1. The number of carboxylic acids is 1. The zero-order valence-electron chi connectivity index (χ0n) is 16.6. The topological polar surface area (TPSA) is 82.1 Å². The SMILES string of the molecule is CO[C@@H]1CC[C@]2(C)[C@H](CC[C@@]3(C)O[C@H](C4=CCOC4=O)C[C@@H]23)[C@]1(C)C(=O)O. The molecule has 0 aromatic heterocycles. The van der Waals surface area contributed by atoms with Crippen molar-refractivity contribution in [3.8, 4) is 0 Å². The summed E-state index contributed by atoms with van der Waals surface area (Å²) >= 11 is 0. The number of hydrogen-bond acceptors (Lipinski definition) is 5. The molecule has 2 aliphatic heterocycles. The van der Waals surface area contributed by atoms with Crippen LogP contribution in [0.5, 0.6) is 0 Å². The molecule has 4 rings (SSSR count). The second-order valence-electron chi connectivity index (χ2n) is 9.41. The first kappa shape index (κ1) is 18.9. The van der Waals surface area contributed by atoms with Crippen molar-refractivity contribution in [2.75, 3.05) is 13.7 Å². The predicted octanol–water partition coefficient (Wildman–Crippen LogP) is 2.95. The second kappa shape index (κ2) is 6.05. The number of esters is 1. The third kappa shape index (κ3) is 2.45. The van der Waals surface area contributed by atoms with Crippen LogP contribution in [0.1, 0.15) is 52.9 Å². The molecule has 0 spiro atoms. The molecule has 6 nitrogen and oxygen atoms in total. The summed E-state index contributed by atoms with van der Waals surface area (Å²) in [5.41, 5.74) is -0.768. The molecule has 2 heterocycles. The Labute approximate surface area is 160 Å². The van der Waals surface area contributed by atoms with E-state index in [0.29, 0.717) is 12.2 Å². The molecule has 150 valence electrons. The quantitative estimate of drug-likeness (QED) is 0.761. The van der Waals surface area contributed by atoms with Gasteiger partial charge in [0.15, 0.2) is 0 Å². The molecule has 7 atom stereocenters. The molecule has 6 heteroatoms. The molecule has 1 N–H and O–H groups in total. The van der Waals surface area contributed by atoms with Crippen LogP contribution in [0.2, 0.25) is 0 Å². The first-order valence-electron chi connectivity index (χ1n) is 9.98. The summed E-state index contributed by atoms with van der Waals surface area (Å²) in [7, 11) is 1.62. The molecule has 1 saturated heterocycles. The lowest BCUT2D eigenvalue weighted by atomic mass is 9.44. The fourth-order valence-electron chi connectivity index (χ4n) is 6.90. The van der Waals surface area contributed by atoms with Crippen LogP contribution < -0.4 is 0 Å². The van der Waals surface area contributed by atoms with Gasteiger partial charge in [0.05, 0.1) is 28.8 Å². The number of ether oxygens (including phenoxy) is 3. The molecule has 0 amide bonds. The average molecular weight is 378 g/mol. The van der Waals surface area contributed by atoms with E-state index >= 15 is 0 Å². The van der Waals surface area contributed by atoms with Crippen LogP contribution in [0.4, 0.5) is 0 Å². The Morgan fingerprint density at radius 1 is 1.22 bits per heavy atom. The highest BCUT2D eigenvalue weighted by molar-refractivity contribution is 5.91. The van der Waals surface area contributed by atoms with E-state index in [0.717, 1.165) is 32.1 Å². The minimum absolute atomic E-state index is 0.0196. The van der Waals surface area contributed by atoms with Gasteiger partial charge in [-0.2, -0.15) is 0 Å². The highest BCUT2D eigenvalue weighted by atomic mass is 16.5. The van der Waals surface area contributed by atoms with E-state index in [-0.39, 0.29) is 41.0 Å². The van der Waals surface area contributed by atoms with E-state index in [4.69, 9.17) is 14.2 Å². The molecule has 3 fully saturated rings. The maximum absolute atomic E-state index is 12.3. The lowest BCUT2D eigenvalue weighted by molar-refractivity contribution is -0.208. The van der Waals surface area contributed by atoms with Crippen molar-refractivity contribution in [3.05, 3.63) is 11.6 Å². The van der Waals surface area contributed by atoms with E-state index in [1.54, 1.807) is 7.11 Å². The molecule has 4 aliphatic rings. The molecule has 0 aromatic carbocycles. The van der Waals surface area contributed by atoms with Gasteiger partial charge in [-0.15, -0.1) is 0 Å². The molecule has 0 unspecified atom stereocenters. The van der Waals surface area contributed by atoms with Crippen molar-refractivity contribution in [1.82, 2.24) is 0 Å². The minimum atomic E-state index is -0.910. The van der Waals surface area contributed by atoms with Gasteiger partial charge >= 0.3 is 11.9 Å². The zero-order valence-corrected chi connectivity index (χ0v) is 16.6. The number of methoxy groups -OCH3 is 1. The normalized spacial score (nSPS) is 49.2. The van der Waals surface area contributed by atoms with Crippen LogP contribution in [-0.2, 0) is 23.8 Å². The number of hydrogen-bond donors (Lipinski definition) is 1. The molecule has 27 heavy (non-hydrogen) atoms. The number of cyclic esters (lactones) is 1. The Morgan fingerprint density at radius 2 is 1.96 bits per heavy atom. The Kier molecular flexibility index (Phi) is 4.24. The van der Waals surface area contributed by atoms with Crippen molar-refractivity contribution in [2.24, 2.45) is 22.7 Å². The maximum atomic E-state index is 12.3. The summed E-state index contributed by atoms with van der Waals surface area (Å²) in [5.74, 6) is -0.820. The van der Waals surface area contributed by atoms with E-state index in [2.05, 4.69) is 13.8 Å². The fourth-order valence-corrected chi connectivity index (χ4v) is 6.90. The van der Waals surface area contributed by atoms with Crippen molar-refractivity contribution in [2.45, 2.75) is 70.7 Å². The molecule has 0 bridgehead atoms. The van der Waals surface area contributed by atoms with Crippen LogP contribution >= 0.6 is 0 Å². The van der Waals surface area contributed by atoms with Gasteiger partial charge in [0.2, 0.25) is 0 Å². The summed E-state index contributed by atoms with van der Waals surface area (Å²) in [4.78, 5) is 24.4. The van der Waals surface area contributed by atoms with Crippen LogP contribution in [0.3, 0.4) is 0 Å². The number of carbonyl (C=O) groups is 2. The van der Waals surface area contributed by atoms with Crippen molar-refractivity contribution < 1.29 is 28.9 Å². The van der Waals surface area contributed by atoms with E-state index in [9.17, 15) is 14.7 Å². The highest BCUT2D eigenvalue weighted by Crippen LogP contribution is 2.66. The van der Waals surface area contributed by atoms with Gasteiger partial charge in [0.25, 0.3) is 0 Å². The van der Waals surface area contributed by atoms with Gasteiger partial charge in [0.1, 0.15) is 6.61 Å². The third-order valence-electron chi connectivity index (χ3n) is 8.30. The number of aliphatic carboxylic acids is 1. The molecular formula is C21H30O6. The Morgan fingerprint density at radius 3 is 2.56 bits per heavy atom. The highest BCUT2D eigenvalue weighted by Gasteiger charge is 2.67. The van der Waals surface area contributed by atoms with Crippen molar-refractivity contribution >= 4 is 11.9 Å².